The summed E-state index contributed by atoms with van der Waals surface area (Å²) in [5.41, 5.74) is 1.41. The molecule has 0 heterocycles. The predicted molar refractivity (Wildman–Crippen MR) is 59.3 cm³/mol. The van der Waals surface area contributed by atoms with Gasteiger partial charge in [0.05, 0.1) is 20.3 Å². The fourth-order valence-corrected chi connectivity index (χ4v) is 1.27. The minimum atomic E-state index is -0.686. The molecule has 3 heteroatoms. The third-order valence-electron chi connectivity index (χ3n) is 2.16. The molecule has 1 atom stereocenters. The second-order valence-electron chi connectivity index (χ2n) is 3.39. The molecule has 0 fully saturated rings. The van der Waals surface area contributed by atoms with Crippen LogP contribution in [0, 0.1) is 0 Å². The molecule has 0 saturated heterocycles. The number of methoxy groups -OCH3 is 2. The molecule has 0 aliphatic heterocycles. The van der Waals surface area contributed by atoms with Gasteiger partial charge in [0.25, 0.3) is 0 Å². The molecule has 3 nitrogen and oxygen atoms in total. The van der Waals surface area contributed by atoms with Crippen molar-refractivity contribution in [2.24, 2.45) is 0 Å². The molecule has 82 valence electrons. The normalized spacial score (nSPS) is 12.0. The van der Waals surface area contributed by atoms with Crippen molar-refractivity contribution in [2.45, 2.75) is 13.0 Å². The van der Waals surface area contributed by atoms with Crippen molar-refractivity contribution < 1.29 is 14.6 Å². The van der Waals surface area contributed by atoms with Crippen molar-refractivity contribution in [2.75, 3.05) is 14.2 Å². The van der Waals surface area contributed by atoms with Crippen LogP contribution in [0.2, 0.25) is 0 Å². The lowest BCUT2D eigenvalue weighted by Crippen LogP contribution is -1.99. The Kier molecular flexibility index (Phi) is 3.74. The average Bonchev–Trinajstić information content (AvgIpc) is 2.27. The lowest BCUT2D eigenvalue weighted by molar-refractivity contribution is 0.215. The van der Waals surface area contributed by atoms with Gasteiger partial charge in [0.1, 0.15) is 11.5 Å². The summed E-state index contributed by atoms with van der Waals surface area (Å²) in [5.74, 6) is 1.31. The Morgan fingerprint density at radius 1 is 1.20 bits per heavy atom. The number of benzene rings is 1. The Labute approximate surface area is 90.0 Å². The number of hydrogen-bond acceptors (Lipinski definition) is 3. The van der Waals surface area contributed by atoms with Gasteiger partial charge in [-0.25, -0.2) is 0 Å². The van der Waals surface area contributed by atoms with Gasteiger partial charge in [-0.15, -0.1) is 0 Å². The Bertz CT molecular complexity index is 336. The average molecular weight is 208 g/mol. The molecule has 1 rings (SSSR count). The van der Waals surface area contributed by atoms with Crippen molar-refractivity contribution in [3.8, 4) is 11.5 Å². The molecule has 1 aromatic rings. The van der Waals surface area contributed by atoms with Gasteiger partial charge in [0.15, 0.2) is 0 Å². The van der Waals surface area contributed by atoms with E-state index >= 15 is 0 Å². The van der Waals surface area contributed by atoms with Crippen molar-refractivity contribution in [3.63, 3.8) is 0 Å². The topological polar surface area (TPSA) is 38.7 Å². The Hall–Kier alpha value is -1.48. The first kappa shape index (κ1) is 11.6. The monoisotopic (exact) mass is 208 g/mol. The third kappa shape index (κ3) is 2.73. The second kappa shape index (κ2) is 4.84. The molecule has 0 aliphatic carbocycles. The zero-order valence-electron chi connectivity index (χ0n) is 9.28. The molecule has 15 heavy (non-hydrogen) atoms. The summed E-state index contributed by atoms with van der Waals surface area (Å²) >= 11 is 0. The van der Waals surface area contributed by atoms with Crippen LogP contribution in [0.3, 0.4) is 0 Å². The molecule has 1 N–H and O–H groups in total. The molecule has 1 aromatic carbocycles. The van der Waals surface area contributed by atoms with Crippen LogP contribution < -0.4 is 9.47 Å². The molecule has 0 aromatic heterocycles. The highest BCUT2D eigenvalue weighted by atomic mass is 16.5. The van der Waals surface area contributed by atoms with Crippen LogP contribution in [0.5, 0.6) is 11.5 Å². The van der Waals surface area contributed by atoms with Gasteiger partial charge in [-0.2, -0.15) is 0 Å². The zero-order valence-corrected chi connectivity index (χ0v) is 9.28. The van der Waals surface area contributed by atoms with Crippen LogP contribution in [-0.4, -0.2) is 19.3 Å². The van der Waals surface area contributed by atoms with Crippen molar-refractivity contribution in [1.82, 2.24) is 0 Å². The van der Waals surface area contributed by atoms with Crippen molar-refractivity contribution in [1.29, 1.82) is 0 Å². The Morgan fingerprint density at radius 3 is 2.00 bits per heavy atom. The van der Waals surface area contributed by atoms with Crippen LogP contribution in [0.4, 0.5) is 0 Å². The molecular weight excluding hydrogens is 192 g/mol. The van der Waals surface area contributed by atoms with E-state index in [0.717, 1.165) is 5.56 Å². The van der Waals surface area contributed by atoms with Gasteiger partial charge in [0.2, 0.25) is 0 Å². The molecule has 0 radical (unpaired) electrons. The van der Waals surface area contributed by atoms with E-state index in [1.807, 2.05) is 0 Å². The number of aliphatic hydroxyl groups excluding tert-OH is 1. The molecular formula is C12H16O3. The van der Waals surface area contributed by atoms with Gasteiger partial charge in [-0.1, -0.05) is 6.58 Å². The van der Waals surface area contributed by atoms with E-state index in [0.29, 0.717) is 17.1 Å². The fraction of sp³-hybridized carbons (Fsp3) is 0.333. The summed E-state index contributed by atoms with van der Waals surface area (Å²) in [6.07, 6.45) is -0.686. The number of aliphatic hydroxyl groups is 1. The van der Waals surface area contributed by atoms with E-state index in [1.165, 1.54) is 0 Å². The molecule has 0 bridgehead atoms. The third-order valence-corrected chi connectivity index (χ3v) is 2.16. The minimum Gasteiger partial charge on any atom is -0.497 e. The van der Waals surface area contributed by atoms with Gasteiger partial charge in [-0.3, -0.25) is 0 Å². The first-order chi connectivity index (χ1) is 7.08. The first-order valence-corrected chi connectivity index (χ1v) is 4.65. The summed E-state index contributed by atoms with van der Waals surface area (Å²) < 4.78 is 10.2. The van der Waals surface area contributed by atoms with E-state index in [2.05, 4.69) is 6.58 Å². The molecule has 0 aliphatic rings. The van der Waals surface area contributed by atoms with Crippen LogP contribution in [0.1, 0.15) is 18.6 Å². The quantitative estimate of drug-likeness (QED) is 0.772. The van der Waals surface area contributed by atoms with Crippen LogP contribution in [0.15, 0.2) is 30.4 Å². The minimum absolute atomic E-state index is 0.657. The number of rotatable bonds is 4. The number of hydrogen-bond donors (Lipinski definition) is 1. The van der Waals surface area contributed by atoms with Gasteiger partial charge in [0, 0.05) is 6.07 Å². The Morgan fingerprint density at radius 2 is 1.67 bits per heavy atom. The predicted octanol–water partition coefficient (Wildman–Crippen LogP) is 2.31. The van der Waals surface area contributed by atoms with Crippen molar-refractivity contribution >= 4 is 0 Å². The maximum absolute atomic E-state index is 9.83. The maximum atomic E-state index is 9.83. The molecule has 1 unspecified atom stereocenters. The molecule has 0 amide bonds. The highest BCUT2D eigenvalue weighted by molar-refractivity contribution is 5.41. The van der Waals surface area contributed by atoms with Crippen LogP contribution >= 0.6 is 0 Å². The maximum Gasteiger partial charge on any atom is 0.122 e. The highest BCUT2D eigenvalue weighted by Crippen LogP contribution is 2.28. The van der Waals surface area contributed by atoms with Gasteiger partial charge < -0.3 is 14.6 Å². The second-order valence-corrected chi connectivity index (χ2v) is 3.39. The van der Waals surface area contributed by atoms with Gasteiger partial charge in [-0.05, 0) is 30.2 Å². The zero-order chi connectivity index (χ0) is 11.4. The van der Waals surface area contributed by atoms with E-state index in [9.17, 15) is 5.11 Å². The summed E-state index contributed by atoms with van der Waals surface area (Å²) in [4.78, 5) is 0. The fourth-order valence-electron chi connectivity index (χ4n) is 1.27. The van der Waals surface area contributed by atoms with E-state index in [-0.39, 0.29) is 0 Å². The SMILES string of the molecule is C=C(C)C(O)c1cc(OC)cc(OC)c1. The lowest BCUT2D eigenvalue weighted by Gasteiger charge is -2.13. The van der Waals surface area contributed by atoms with E-state index in [4.69, 9.17) is 9.47 Å². The van der Waals surface area contributed by atoms with Crippen LogP contribution in [0.25, 0.3) is 0 Å². The molecule has 0 spiro atoms. The summed E-state index contributed by atoms with van der Waals surface area (Å²) in [6, 6.07) is 5.29. The summed E-state index contributed by atoms with van der Waals surface area (Å²) in [6.45, 7) is 5.49. The number of ether oxygens (including phenoxy) is 2. The Balaban J connectivity index is 3.11. The standard InChI is InChI=1S/C12H16O3/c1-8(2)12(13)9-5-10(14-3)7-11(6-9)15-4/h5-7,12-13H,1H2,2-4H3. The lowest BCUT2D eigenvalue weighted by atomic mass is 10.0. The summed E-state index contributed by atoms with van der Waals surface area (Å²) in [7, 11) is 3.15. The molecule has 0 saturated carbocycles. The van der Waals surface area contributed by atoms with Crippen molar-refractivity contribution in [3.05, 3.63) is 35.9 Å². The van der Waals surface area contributed by atoms with E-state index < -0.39 is 6.10 Å². The van der Waals surface area contributed by atoms with Crippen LogP contribution in [-0.2, 0) is 0 Å². The largest absolute Gasteiger partial charge is 0.497 e. The highest BCUT2D eigenvalue weighted by Gasteiger charge is 2.11. The van der Waals surface area contributed by atoms with Gasteiger partial charge >= 0.3 is 0 Å². The van der Waals surface area contributed by atoms with E-state index in [1.54, 1.807) is 39.3 Å². The first-order valence-electron chi connectivity index (χ1n) is 4.65. The smallest absolute Gasteiger partial charge is 0.122 e. The summed E-state index contributed by atoms with van der Waals surface area (Å²) in [5, 5.41) is 9.83.